The van der Waals surface area contributed by atoms with Gasteiger partial charge in [-0.2, -0.15) is 0 Å². The molecule has 1 aromatic rings. The normalized spacial score (nSPS) is 11.5. The maximum Gasteiger partial charge on any atom is 0.212 e. The molecule has 5 nitrogen and oxygen atoms in total. The van der Waals surface area contributed by atoms with Crippen LogP contribution in [0.25, 0.3) is 0 Å². The Balaban J connectivity index is 2.54. The zero-order valence-electron chi connectivity index (χ0n) is 10.4. The molecule has 102 valence electrons. The van der Waals surface area contributed by atoms with Gasteiger partial charge in [0.15, 0.2) is 0 Å². The van der Waals surface area contributed by atoms with Crippen LogP contribution < -0.4 is 14.8 Å². The summed E-state index contributed by atoms with van der Waals surface area (Å²) in [5.74, 6) is 0.711. The van der Waals surface area contributed by atoms with E-state index in [-0.39, 0.29) is 5.75 Å². The average Bonchev–Trinajstić information content (AvgIpc) is 2.36. The Morgan fingerprint density at radius 1 is 1.39 bits per heavy atom. The molecule has 0 saturated carbocycles. The molecule has 0 bridgehead atoms. The third-order valence-corrected chi connectivity index (χ3v) is 4.17. The molecule has 0 aliphatic heterocycles. The Labute approximate surface area is 113 Å². The molecule has 0 fully saturated rings. The minimum Gasteiger partial charge on any atom is -0.496 e. The highest BCUT2D eigenvalue weighted by Crippen LogP contribution is 2.25. The van der Waals surface area contributed by atoms with Crippen molar-refractivity contribution in [3.8, 4) is 5.75 Å². The quantitative estimate of drug-likeness (QED) is 0.736. The number of hydrogen-bond donors (Lipinski definition) is 2. The monoisotopic (exact) mass is 292 g/mol. The second-order valence-corrected chi connectivity index (χ2v) is 6.07. The maximum atomic E-state index is 11.2. The SMILES string of the molecule is CNS(=O)(=O)CCNCc1c(Cl)cccc1OC. The van der Waals surface area contributed by atoms with Gasteiger partial charge in [0.25, 0.3) is 0 Å². The number of benzene rings is 1. The Morgan fingerprint density at radius 2 is 2.11 bits per heavy atom. The number of rotatable bonds is 7. The fraction of sp³-hybridized carbons (Fsp3) is 0.455. The first-order valence-electron chi connectivity index (χ1n) is 5.43. The number of nitrogens with one attached hydrogen (secondary N) is 2. The minimum absolute atomic E-state index is 0.0241. The molecule has 0 saturated heterocycles. The zero-order valence-corrected chi connectivity index (χ0v) is 11.9. The van der Waals surface area contributed by atoms with Gasteiger partial charge in [0, 0.05) is 23.7 Å². The molecule has 0 spiro atoms. The van der Waals surface area contributed by atoms with Crippen LogP contribution in [0.2, 0.25) is 5.02 Å². The average molecular weight is 293 g/mol. The summed E-state index contributed by atoms with van der Waals surface area (Å²) in [5.41, 5.74) is 0.823. The van der Waals surface area contributed by atoms with E-state index in [1.54, 1.807) is 19.2 Å². The Morgan fingerprint density at radius 3 is 2.72 bits per heavy atom. The standard InChI is InChI=1S/C11H17ClN2O3S/c1-13-18(15,16)7-6-14-8-9-10(12)4-3-5-11(9)17-2/h3-5,13-14H,6-8H2,1-2H3. The summed E-state index contributed by atoms with van der Waals surface area (Å²) in [5, 5.41) is 3.62. The molecule has 0 atom stereocenters. The van der Waals surface area contributed by atoms with E-state index in [0.29, 0.717) is 23.9 Å². The Hall–Kier alpha value is -0.820. The molecule has 1 aromatic carbocycles. The third kappa shape index (κ3) is 4.45. The van der Waals surface area contributed by atoms with E-state index < -0.39 is 10.0 Å². The van der Waals surface area contributed by atoms with Gasteiger partial charge in [0.05, 0.1) is 12.9 Å². The molecule has 1 rings (SSSR count). The first kappa shape index (κ1) is 15.2. The van der Waals surface area contributed by atoms with Gasteiger partial charge in [-0.25, -0.2) is 13.1 Å². The lowest BCUT2D eigenvalue weighted by Gasteiger charge is -2.11. The lowest BCUT2D eigenvalue weighted by Crippen LogP contribution is -2.29. The number of halogens is 1. The third-order valence-electron chi connectivity index (χ3n) is 2.46. The first-order valence-corrected chi connectivity index (χ1v) is 7.46. The topological polar surface area (TPSA) is 67.4 Å². The highest BCUT2D eigenvalue weighted by Gasteiger charge is 2.09. The maximum absolute atomic E-state index is 11.2. The molecule has 18 heavy (non-hydrogen) atoms. The summed E-state index contributed by atoms with van der Waals surface area (Å²) in [4.78, 5) is 0. The summed E-state index contributed by atoms with van der Waals surface area (Å²) in [6.45, 7) is 0.805. The summed E-state index contributed by atoms with van der Waals surface area (Å²) >= 11 is 6.05. The number of hydrogen-bond acceptors (Lipinski definition) is 4. The van der Waals surface area contributed by atoms with Crippen molar-refractivity contribution in [1.82, 2.24) is 10.0 Å². The van der Waals surface area contributed by atoms with Crippen molar-refractivity contribution < 1.29 is 13.2 Å². The van der Waals surface area contributed by atoms with E-state index >= 15 is 0 Å². The van der Waals surface area contributed by atoms with Crippen LogP contribution in [0.3, 0.4) is 0 Å². The fourth-order valence-electron chi connectivity index (χ4n) is 1.42. The van der Waals surface area contributed by atoms with Crippen LogP contribution >= 0.6 is 11.6 Å². The summed E-state index contributed by atoms with van der Waals surface area (Å²) < 4.78 is 29.8. The number of sulfonamides is 1. The lowest BCUT2D eigenvalue weighted by atomic mass is 10.2. The highest BCUT2D eigenvalue weighted by atomic mass is 35.5. The fourth-order valence-corrected chi connectivity index (χ4v) is 2.27. The Bertz CT molecular complexity index is 491. The second-order valence-electron chi connectivity index (χ2n) is 3.62. The van der Waals surface area contributed by atoms with Gasteiger partial charge in [0.2, 0.25) is 10.0 Å². The molecule has 0 aliphatic carbocycles. The molecule has 2 N–H and O–H groups in total. The summed E-state index contributed by atoms with van der Waals surface area (Å²) in [6, 6.07) is 5.38. The van der Waals surface area contributed by atoms with Crippen molar-refractivity contribution in [3.05, 3.63) is 28.8 Å². The molecular formula is C11H17ClN2O3S. The molecule has 0 amide bonds. The Kier molecular flexibility index (Phi) is 5.87. The molecule has 0 heterocycles. The van der Waals surface area contributed by atoms with Crippen LogP contribution in [-0.4, -0.2) is 34.9 Å². The van der Waals surface area contributed by atoms with E-state index in [1.165, 1.54) is 7.05 Å². The smallest absolute Gasteiger partial charge is 0.212 e. The summed E-state index contributed by atoms with van der Waals surface area (Å²) in [7, 11) is -0.211. The van der Waals surface area contributed by atoms with Crippen molar-refractivity contribution in [1.29, 1.82) is 0 Å². The predicted molar refractivity (Wildman–Crippen MR) is 72.6 cm³/mol. The van der Waals surface area contributed by atoms with Gasteiger partial charge in [0.1, 0.15) is 5.75 Å². The van der Waals surface area contributed by atoms with Crippen molar-refractivity contribution in [2.75, 3.05) is 26.5 Å². The molecule has 0 aromatic heterocycles. The molecule has 0 aliphatic rings. The predicted octanol–water partition coefficient (Wildman–Crippen LogP) is 0.987. The van der Waals surface area contributed by atoms with Gasteiger partial charge in [-0.05, 0) is 19.2 Å². The molecular weight excluding hydrogens is 276 g/mol. The van der Waals surface area contributed by atoms with Crippen LogP contribution in [0.5, 0.6) is 5.75 Å². The van der Waals surface area contributed by atoms with Crippen molar-refractivity contribution in [2.24, 2.45) is 0 Å². The largest absolute Gasteiger partial charge is 0.496 e. The van der Waals surface area contributed by atoms with E-state index in [9.17, 15) is 8.42 Å². The van der Waals surface area contributed by atoms with E-state index in [1.807, 2.05) is 6.07 Å². The van der Waals surface area contributed by atoms with Crippen molar-refractivity contribution >= 4 is 21.6 Å². The van der Waals surface area contributed by atoms with E-state index in [0.717, 1.165) is 5.56 Å². The van der Waals surface area contributed by atoms with Crippen LogP contribution in [0.15, 0.2) is 18.2 Å². The molecule has 0 radical (unpaired) electrons. The van der Waals surface area contributed by atoms with Crippen molar-refractivity contribution in [3.63, 3.8) is 0 Å². The van der Waals surface area contributed by atoms with E-state index in [2.05, 4.69) is 10.0 Å². The lowest BCUT2D eigenvalue weighted by molar-refractivity contribution is 0.408. The van der Waals surface area contributed by atoms with Gasteiger partial charge in [-0.1, -0.05) is 17.7 Å². The highest BCUT2D eigenvalue weighted by molar-refractivity contribution is 7.89. The first-order chi connectivity index (χ1) is 8.50. The minimum atomic E-state index is -3.18. The van der Waals surface area contributed by atoms with Crippen LogP contribution in [0.1, 0.15) is 5.56 Å². The molecule has 0 unspecified atom stereocenters. The van der Waals surface area contributed by atoms with Crippen LogP contribution in [-0.2, 0) is 16.6 Å². The van der Waals surface area contributed by atoms with Gasteiger partial charge in [-0.15, -0.1) is 0 Å². The second kappa shape index (κ2) is 6.94. The van der Waals surface area contributed by atoms with Gasteiger partial charge in [-0.3, -0.25) is 0 Å². The number of ether oxygens (including phenoxy) is 1. The van der Waals surface area contributed by atoms with Crippen molar-refractivity contribution in [2.45, 2.75) is 6.54 Å². The zero-order chi connectivity index (χ0) is 13.6. The number of methoxy groups -OCH3 is 1. The van der Waals surface area contributed by atoms with Gasteiger partial charge >= 0.3 is 0 Å². The van der Waals surface area contributed by atoms with Crippen LogP contribution in [0.4, 0.5) is 0 Å². The van der Waals surface area contributed by atoms with Gasteiger partial charge < -0.3 is 10.1 Å². The summed E-state index contributed by atoms with van der Waals surface area (Å²) in [6.07, 6.45) is 0. The molecule has 7 heteroatoms. The van der Waals surface area contributed by atoms with E-state index in [4.69, 9.17) is 16.3 Å². The van der Waals surface area contributed by atoms with Crippen LogP contribution in [0, 0.1) is 0 Å².